The van der Waals surface area contributed by atoms with E-state index in [1.165, 1.54) is 0 Å². The van der Waals surface area contributed by atoms with Crippen LogP contribution in [0, 0.1) is 6.92 Å². The SMILES string of the molecule is CCNC(=O)c1ccc(C)c(NC(=O)N2CCN(CC(=O)NCCCOC)CC2)c1. The molecule has 2 rings (SSSR count). The standard InChI is InChI=1S/C21H33N5O4/c1-4-22-20(28)17-7-6-16(2)18(14-17)24-21(29)26-11-9-25(10-12-26)15-19(27)23-8-5-13-30-3/h6-7,14H,4-5,8-13,15H2,1-3H3,(H,22,28)(H,23,27)(H,24,29). The third-order valence-corrected chi connectivity index (χ3v) is 4.95. The largest absolute Gasteiger partial charge is 0.385 e. The zero-order valence-electron chi connectivity index (χ0n) is 18.1. The number of urea groups is 1. The van der Waals surface area contributed by atoms with Gasteiger partial charge in [0.25, 0.3) is 5.91 Å². The molecule has 0 spiro atoms. The van der Waals surface area contributed by atoms with Crippen molar-refractivity contribution in [3.8, 4) is 0 Å². The first kappa shape index (κ1) is 23.6. The number of ether oxygens (including phenoxy) is 1. The lowest BCUT2D eigenvalue weighted by Crippen LogP contribution is -2.52. The summed E-state index contributed by atoms with van der Waals surface area (Å²) in [4.78, 5) is 40.5. The maximum Gasteiger partial charge on any atom is 0.321 e. The molecule has 0 aliphatic carbocycles. The van der Waals surface area contributed by atoms with Crippen LogP contribution in [0.3, 0.4) is 0 Å². The number of amides is 4. The lowest BCUT2D eigenvalue weighted by Gasteiger charge is -2.34. The van der Waals surface area contributed by atoms with Gasteiger partial charge in [0, 0.05) is 64.2 Å². The number of rotatable bonds is 9. The smallest absolute Gasteiger partial charge is 0.321 e. The van der Waals surface area contributed by atoms with Gasteiger partial charge in [-0.3, -0.25) is 14.5 Å². The number of anilines is 1. The van der Waals surface area contributed by atoms with Crippen LogP contribution in [0.5, 0.6) is 0 Å². The molecule has 1 fully saturated rings. The fourth-order valence-electron chi connectivity index (χ4n) is 3.17. The molecule has 9 heteroatoms. The molecule has 1 saturated heterocycles. The van der Waals surface area contributed by atoms with Crippen LogP contribution in [0.15, 0.2) is 18.2 Å². The molecule has 9 nitrogen and oxygen atoms in total. The number of hydrogen-bond donors (Lipinski definition) is 3. The highest BCUT2D eigenvalue weighted by Gasteiger charge is 2.23. The summed E-state index contributed by atoms with van der Waals surface area (Å²) in [6, 6.07) is 5.07. The number of hydrogen-bond acceptors (Lipinski definition) is 5. The Kier molecular flexibility index (Phi) is 9.56. The predicted molar refractivity (Wildman–Crippen MR) is 116 cm³/mol. The van der Waals surface area contributed by atoms with Crippen molar-refractivity contribution in [3.05, 3.63) is 29.3 Å². The molecule has 1 aromatic rings. The number of aryl methyl sites for hydroxylation is 1. The van der Waals surface area contributed by atoms with Crippen LogP contribution in [-0.4, -0.2) is 87.2 Å². The van der Waals surface area contributed by atoms with Crippen molar-refractivity contribution in [2.24, 2.45) is 0 Å². The molecule has 3 N–H and O–H groups in total. The van der Waals surface area contributed by atoms with Crippen molar-refractivity contribution in [1.29, 1.82) is 0 Å². The van der Waals surface area contributed by atoms with Crippen molar-refractivity contribution in [2.75, 3.05) is 64.8 Å². The molecule has 1 aliphatic heterocycles. The number of nitrogens with zero attached hydrogens (tertiary/aromatic N) is 2. The maximum absolute atomic E-state index is 12.7. The second-order valence-electron chi connectivity index (χ2n) is 7.28. The number of carbonyl (C=O) groups is 3. The van der Waals surface area contributed by atoms with Gasteiger partial charge in [-0.15, -0.1) is 0 Å². The third kappa shape index (κ3) is 7.31. The van der Waals surface area contributed by atoms with E-state index in [0.29, 0.717) is 63.7 Å². The fourth-order valence-corrected chi connectivity index (χ4v) is 3.17. The Balaban J connectivity index is 1.81. The zero-order valence-corrected chi connectivity index (χ0v) is 18.1. The van der Waals surface area contributed by atoms with Gasteiger partial charge < -0.3 is 25.6 Å². The lowest BCUT2D eigenvalue weighted by atomic mass is 10.1. The minimum Gasteiger partial charge on any atom is -0.385 e. The van der Waals surface area contributed by atoms with E-state index in [4.69, 9.17) is 4.74 Å². The summed E-state index contributed by atoms with van der Waals surface area (Å²) in [5, 5.41) is 8.54. The number of nitrogens with one attached hydrogen (secondary N) is 3. The molecule has 30 heavy (non-hydrogen) atoms. The molecule has 0 bridgehead atoms. The zero-order chi connectivity index (χ0) is 21.9. The van der Waals surface area contributed by atoms with Crippen molar-refractivity contribution in [3.63, 3.8) is 0 Å². The summed E-state index contributed by atoms with van der Waals surface area (Å²) in [6.07, 6.45) is 0.789. The molecular weight excluding hydrogens is 386 g/mol. The van der Waals surface area contributed by atoms with Gasteiger partial charge in [0.1, 0.15) is 0 Å². The first-order valence-corrected chi connectivity index (χ1v) is 10.4. The van der Waals surface area contributed by atoms with Gasteiger partial charge in [0.2, 0.25) is 5.91 Å². The topological polar surface area (TPSA) is 103 Å². The van der Waals surface area contributed by atoms with E-state index in [0.717, 1.165) is 12.0 Å². The van der Waals surface area contributed by atoms with Gasteiger partial charge in [-0.25, -0.2) is 4.79 Å². The molecule has 1 heterocycles. The Morgan fingerprint density at radius 2 is 1.83 bits per heavy atom. The van der Waals surface area contributed by atoms with Crippen molar-refractivity contribution in [1.82, 2.24) is 20.4 Å². The van der Waals surface area contributed by atoms with Crippen molar-refractivity contribution in [2.45, 2.75) is 20.3 Å². The lowest BCUT2D eigenvalue weighted by molar-refractivity contribution is -0.122. The average Bonchev–Trinajstić information content (AvgIpc) is 2.73. The fraction of sp³-hybridized carbons (Fsp3) is 0.571. The molecule has 0 saturated carbocycles. The number of carbonyl (C=O) groups excluding carboxylic acids is 3. The Hall–Kier alpha value is -2.65. The van der Waals surface area contributed by atoms with Crippen LogP contribution in [0.4, 0.5) is 10.5 Å². The predicted octanol–water partition coefficient (Wildman–Crippen LogP) is 1.05. The van der Waals surface area contributed by atoms with Gasteiger partial charge in [-0.2, -0.15) is 0 Å². The summed E-state index contributed by atoms with van der Waals surface area (Å²) in [5.74, 6) is -0.177. The Bertz CT molecular complexity index is 732. The van der Waals surface area contributed by atoms with Gasteiger partial charge >= 0.3 is 6.03 Å². The number of piperazine rings is 1. The Labute approximate surface area is 178 Å². The molecule has 0 atom stereocenters. The average molecular weight is 420 g/mol. The molecule has 0 unspecified atom stereocenters. The van der Waals surface area contributed by atoms with Crippen LogP contribution in [-0.2, 0) is 9.53 Å². The summed E-state index contributed by atoms with van der Waals surface area (Å²) < 4.78 is 4.96. The molecule has 1 aliphatic rings. The molecule has 1 aromatic carbocycles. The van der Waals surface area contributed by atoms with E-state index >= 15 is 0 Å². The minimum absolute atomic E-state index is 0.0122. The third-order valence-electron chi connectivity index (χ3n) is 4.95. The molecular formula is C21H33N5O4. The first-order valence-electron chi connectivity index (χ1n) is 10.4. The highest BCUT2D eigenvalue weighted by atomic mass is 16.5. The molecule has 166 valence electrons. The van der Waals surface area contributed by atoms with Crippen molar-refractivity contribution >= 4 is 23.5 Å². The quantitative estimate of drug-likeness (QED) is 0.519. The van der Waals surface area contributed by atoms with Gasteiger partial charge in [-0.1, -0.05) is 6.07 Å². The van der Waals surface area contributed by atoms with Gasteiger partial charge in [0.15, 0.2) is 0 Å². The van der Waals surface area contributed by atoms with Crippen molar-refractivity contribution < 1.29 is 19.1 Å². The highest BCUT2D eigenvalue weighted by Crippen LogP contribution is 2.18. The summed E-state index contributed by atoms with van der Waals surface area (Å²) in [5.41, 5.74) is 2.03. The van der Waals surface area contributed by atoms with E-state index in [1.807, 2.05) is 24.8 Å². The Morgan fingerprint density at radius 1 is 1.10 bits per heavy atom. The van der Waals surface area contributed by atoms with Gasteiger partial charge in [0.05, 0.1) is 6.54 Å². The second kappa shape index (κ2) is 12.1. The van der Waals surface area contributed by atoms with Crippen LogP contribution < -0.4 is 16.0 Å². The maximum atomic E-state index is 12.7. The Morgan fingerprint density at radius 3 is 2.50 bits per heavy atom. The minimum atomic E-state index is -0.199. The summed E-state index contributed by atoms with van der Waals surface area (Å²) in [6.45, 7) is 8.20. The molecule has 0 aromatic heterocycles. The van der Waals surface area contributed by atoms with E-state index in [9.17, 15) is 14.4 Å². The molecule has 4 amide bonds. The van der Waals surface area contributed by atoms with E-state index < -0.39 is 0 Å². The van der Waals surface area contributed by atoms with Crippen LogP contribution in [0.2, 0.25) is 0 Å². The van der Waals surface area contributed by atoms with Crippen LogP contribution in [0.25, 0.3) is 0 Å². The molecule has 0 radical (unpaired) electrons. The van der Waals surface area contributed by atoms with Gasteiger partial charge in [-0.05, 0) is 38.0 Å². The van der Waals surface area contributed by atoms with Crippen LogP contribution >= 0.6 is 0 Å². The highest BCUT2D eigenvalue weighted by molar-refractivity contribution is 5.97. The monoisotopic (exact) mass is 419 g/mol. The van der Waals surface area contributed by atoms with E-state index in [1.54, 1.807) is 24.1 Å². The number of benzene rings is 1. The van der Waals surface area contributed by atoms with E-state index in [-0.39, 0.29) is 17.8 Å². The first-order chi connectivity index (χ1) is 14.4. The van der Waals surface area contributed by atoms with Crippen LogP contribution in [0.1, 0.15) is 29.3 Å². The summed E-state index contributed by atoms with van der Waals surface area (Å²) in [7, 11) is 1.64. The normalized spacial score (nSPS) is 14.3. The number of methoxy groups -OCH3 is 1. The van der Waals surface area contributed by atoms with E-state index in [2.05, 4.69) is 16.0 Å². The summed E-state index contributed by atoms with van der Waals surface area (Å²) >= 11 is 0. The second-order valence-corrected chi connectivity index (χ2v) is 7.28.